The monoisotopic (exact) mass is 209 g/mol. The number of carbonyl (C=O) groups is 1. The summed E-state index contributed by atoms with van der Waals surface area (Å²) >= 11 is 0. The summed E-state index contributed by atoms with van der Waals surface area (Å²) in [6.45, 7) is 0. The number of carbonyl (C=O) groups excluding carboxylic acids is 1. The maximum absolute atomic E-state index is 11.0. The Kier molecular flexibility index (Phi) is 1.81. The zero-order chi connectivity index (χ0) is 10.6. The molecule has 0 spiro atoms. The lowest BCUT2D eigenvalue weighted by Gasteiger charge is -2.59. The van der Waals surface area contributed by atoms with Crippen LogP contribution in [0.3, 0.4) is 0 Å². The second kappa shape index (κ2) is 2.88. The molecule has 0 aromatic carbocycles. The molecule has 4 heteroatoms. The van der Waals surface area contributed by atoms with Crippen molar-refractivity contribution in [2.24, 2.45) is 29.2 Å². The molecule has 4 rings (SSSR count). The molecular formula is C11H19N3O. The molecule has 2 unspecified atom stereocenters. The van der Waals surface area contributed by atoms with Crippen molar-refractivity contribution >= 4 is 6.03 Å². The van der Waals surface area contributed by atoms with E-state index in [-0.39, 0.29) is 11.6 Å². The lowest BCUT2D eigenvalue weighted by Crippen LogP contribution is -2.66. The molecule has 84 valence electrons. The number of hydrogen-bond donors (Lipinski definition) is 3. The Morgan fingerprint density at radius 3 is 2.33 bits per heavy atom. The van der Waals surface area contributed by atoms with Gasteiger partial charge in [-0.05, 0) is 49.9 Å². The number of nitrogens with two attached hydrogens (primary N) is 2. The van der Waals surface area contributed by atoms with Crippen LogP contribution in [-0.2, 0) is 0 Å². The Bertz CT molecular complexity index is 288. The van der Waals surface area contributed by atoms with E-state index >= 15 is 0 Å². The van der Waals surface area contributed by atoms with Crippen LogP contribution in [0.4, 0.5) is 4.79 Å². The fourth-order valence-corrected chi connectivity index (χ4v) is 4.48. The maximum Gasteiger partial charge on any atom is 0.312 e. The summed E-state index contributed by atoms with van der Waals surface area (Å²) < 4.78 is 0. The smallest absolute Gasteiger partial charge is 0.312 e. The van der Waals surface area contributed by atoms with E-state index in [9.17, 15) is 4.79 Å². The molecule has 0 aromatic rings. The van der Waals surface area contributed by atoms with Gasteiger partial charge in [0.2, 0.25) is 0 Å². The maximum atomic E-state index is 11.0. The van der Waals surface area contributed by atoms with Crippen LogP contribution in [0.25, 0.3) is 0 Å². The number of hydrogen-bond acceptors (Lipinski definition) is 2. The van der Waals surface area contributed by atoms with Crippen LogP contribution >= 0.6 is 0 Å². The van der Waals surface area contributed by atoms with Gasteiger partial charge >= 0.3 is 6.03 Å². The van der Waals surface area contributed by atoms with Crippen molar-refractivity contribution in [2.75, 3.05) is 0 Å². The molecule has 4 saturated carbocycles. The van der Waals surface area contributed by atoms with Gasteiger partial charge in [0.05, 0.1) is 0 Å². The average molecular weight is 209 g/mol. The summed E-state index contributed by atoms with van der Waals surface area (Å²) in [4.78, 5) is 11.0. The third-order valence-corrected chi connectivity index (χ3v) is 4.73. The quantitative estimate of drug-likeness (QED) is 0.590. The average Bonchev–Trinajstić information content (AvgIpc) is 2.10. The molecule has 4 aliphatic rings. The van der Waals surface area contributed by atoms with Crippen LogP contribution in [-0.4, -0.2) is 17.6 Å². The molecule has 2 amide bonds. The Morgan fingerprint density at radius 2 is 1.80 bits per heavy atom. The third kappa shape index (κ3) is 1.34. The Labute approximate surface area is 89.8 Å². The number of primary amides is 1. The summed E-state index contributed by atoms with van der Waals surface area (Å²) in [6.07, 6.45) is 5.74. The van der Waals surface area contributed by atoms with Crippen LogP contribution in [0.2, 0.25) is 0 Å². The van der Waals surface area contributed by atoms with Crippen molar-refractivity contribution in [2.45, 2.75) is 43.7 Å². The molecular weight excluding hydrogens is 190 g/mol. The largest absolute Gasteiger partial charge is 0.352 e. The molecule has 0 saturated heterocycles. The predicted octanol–water partition coefficient (Wildman–Crippen LogP) is 0.561. The third-order valence-electron chi connectivity index (χ3n) is 4.73. The molecule has 0 aromatic heterocycles. The normalized spacial score (nSPS) is 51.8. The highest BCUT2D eigenvalue weighted by Gasteiger charge is 2.54. The Balaban J connectivity index is 1.85. The first-order chi connectivity index (χ1) is 7.08. The summed E-state index contributed by atoms with van der Waals surface area (Å²) in [7, 11) is 0. The van der Waals surface area contributed by atoms with Gasteiger partial charge in [0.15, 0.2) is 0 Å². The molecule has 4 nitrogen and oxygen atoms in total. The molecule has 4 fully saturated rings. The van der Waals surface area contributed by atoms with Gasteiger partial charge in [0.25, 0.3) is 0 Å². The topological polar surface area (TPSA) is 81.1 Å². The lowest BCUT2D eigenvalue weighted by atomic mass is 9.51. The van der Waals surface area contributed by atoms with E-state index in [0.717, 1.165) is 25.2 Å². The summed E-state index contributed by atoms with van der Waals surface area (Å²) in [5.74, 6) is 2.00. The summed E-state index contributed by atoms with van der Waals surface area (Å²) in [6, 6.07) is -0.00475. The van der Waals surface area contributed by atoms with Crippen molar-refractivity contribution in [1.82, 2.24) is 5.32 Å². The van der Waals surface area contributed by atoms with E-state index in [1.54, 1.807) is 0 Å². The van der Waals surface area contributed by atoms with Crippen molar-refractivity contribution in [3.05, 3.63) is 0 Å². The van der Waals surface area contributed by atoms with Gasteiger partial charge < -0.3 is 16.8 Å². The zero-order valence-corrected chi connectivity index (χ0v) is 8.91. The van der Waals surface area contributed by atoms with Gasteiger partial charge in [0.1, 0.15) is 0 Å². The predicted molar refractivity (Wildman–Crippen MR) is 57.0 cm³/mol. The summed E-state index contributed by atoms with van der Waals surface area (Å²) in [5, 5.41) is 2.99. The van der Waals surface area contributed by atoms with Gasteiger partial charge in [-0.15, -0.1) is 0 Å². The van der Waals surface area contributed by atoms with E-state index in [1.165, 1.54) is 12.8 Å². The highest BCUT2D eigenvalue weighted by atomic mass is 16.2. The molecule has 0 aliphatic heterocycles. The van der Waals surface area contributed by atoms with Crippen molar-refractivity contribution in [1.29, 1.82) is 0 Å². The minimum atomic E-state index is -0.370. The van der Waals surface area contributed by atoms with Gasteiger partial charge in [-0.2, -0.15) is 0 Å². The van der Waals surface area contributed by atoms with Crippen LogP contribution in [0, 0.1) is 17.8 Å². The van der Waals surface area contributed by atoms with Crippen molar-refractivity contribution in [3.8, 4) is 0 Å². The minimum Gasteiger partial charge on any atom is -0.352 e. The van der Waals surface area contributed by atoms with E-state index in [2.05, 4.69) is 5.32 Å². The van der Waals surface area contributed by atoms with Crippen LogP contribution < -0.4 is 16.8 Å². The first-order valence-corrected chi connectivity index (χ1v) is 5.91. The first-order valence-electron chi connectivity index (χ1n) is 5.91. The second-order valence-electron chi connectivity index (χ2n) is 5.82. The zero-order valence-electron chi connectivity index (χ0n) is 8.91. The van der Waals surface area contributed by atoms with Gasteiger partial charge in [-0.1, -0.05) is 0 Å². The highest BCUT2D eigenvalue weighted by molar-refractivity contribution is 5.72. The molecule has 5 N–H and O–H groups in total. The molecule has 15 heavy (non-hydrogen) atoms. The molecule has 0 heterocycles. The van der Waals surface area contributed by atoms with E-state index in [4.69, 9.17) is 11.5 Å². The SMILES string of the molecule is NC(=O)NC12CC3CC(C1)C(N)C(C3)C2. The fraction of sp³-hybridized carbons (Fsp3) is 0.909. The minimum absolute atomic E-state index is 0.00178. The van der Waals surface area contributed by atoms with Gasteiger partial charge in [-0.3, -0.25) is 0 Å². The lowest BCUT2D eigenvalue weighted by molar-refractivity contribution is -0.0292. The molecule has 2 atom stereocenters. The standard InChI is InChI=1S/C11H19N3O/c12-9-7-1-6-2-8(9)5-11(3-6,4-7)14-10(13)15/h6-9H,1-5,12H2,(H3,13,14,15). The van der Waals surface area contributed by atoms with E-state index in [0.29, 0.717) is 17.9 Å². The number of rotatable bonds is 1. The molecule has 0 radical (unpaired) electrons. The van der Waals surface area contributed by atoms with Crippen molar-refractivity contribution in [3.63, 3.8) is 0 Å². The number of nitrogens with one attached hydrogen (secondary N) is 1. The second-order valence-corrected chi connectivity index (χ2v) is 5.82. The van der Waals surface area contributed by atoms with Crippen LogP contribution in [0.15, 0.2) is 0 Å². The van der Waals surface area contributed by atoms with E-state index < -0.39 is 0 Å². The summed E-state index contributed by atoms with van der Waals surface area (Å²) in [5.41, 5.74) is 11.5. The van der Waals surface area contributed by atoms with Crippen molar-refractivity contribution < 1.29 is 4.79 Å². The van der Waals surface area contributed by atoms with Crippen LogP contribution in [0.5, 0.6) is 0 Å². The van der Waals surface area contributed by atoms with Gasteiger partial charge in [0, 0.05) is 11.6 Å². The first kappa shape index (κ1) is 9.46. The Morgan fingerprint density at radius 1 is 1.20 bits per heavy atom. The fourth-order valence-electron chi connectivity index (χ4n) is 4.48. The molecule has 4 bridgehead atoms. The number of amides is 2. The van der Waals surface area contributed by atoms with E-state index in [1.807, 2.05) is 0 Å². The number of urea groups is 1. The van der Waals surface area contributed by atoms with Crippen LogP contribution in [0.1, 0.15) is 32.1 Å². The molecule has 4 aliphatic carbocycles. The highest BCUT2D eigenvalue weighted by Crippen LogP contribution is 2.55. The Hall–Kier alpha value is -0.770. The van der Waals surface area contributed by atoms with Gasteiger partial charge in [-0.25, -0.2) is 4.79 Å².